The van der Waals surface area contributed by atoms with E-state index in [0.29, 0.717) is 6.54 Å². The summed E-state index contributed by atoms with van der Waals surface area (Å²) in [6.45, 7) is 0.495. The predicted octanol–water partition coefficient (Wildman–Crippen LogP) is 2.63. The molecule has 0 aliphatic rings. The molecule has 1 heterocycles. The Hall–Kier alpha value is -2.10. The fourth-order valence-electron chi connectivity index (χ4n) is 2.03. The zero-order valence-corrected chi connectivity index (χ0v) is 10.8. The van der Waals surface area contributed by atoms with Gasteiger partial charge in [-0.15, -0.1) is 0 Å². The summed E-state index contributed by atoms with van der Waals surface area (Å²) in [6.07, 6.45) is 2.78. The van der Waals surface area contributed by atoms with Crippen LogP contribution in [0.25, 0.3) is 0 Å². The molecule has 0 atom stereocenters. The maximum Gasteiger partial charge on any atom is 0.250 e. The van der Waals surface area contributed by atoms with Crippen LogP contribution in [0.15, 0.2) is 47.4 Å². The first-order valence-electron chi connectivity index (χ1n) is 6.18. The number of para-hydroxylation sites is 1. The van der Waals surface area contributed by atoms with E-state index in [-0.39, 0.29) is 5.56 Å². The second-order valence-electron chi connectivity index (χ2n) is 4.29. The van der Waals surface area contributed by atoms with Gasteiger partial charge in [-0.3, -0.25) is 4.79 Å². The first kappa shape index (κ1) is 13.3. The van der Waals surface area contributed by atoms with Crippen molar-refractivity contribution >= 4 is 0 Å². The standard InChI is InChI=1S/C15H16FNO2/c1-19-14-7-3-2-5-12(14)6-4-10-17-11-13(16)8-9-15(17)18/h2-3,5,7-9,11H,4,6,10H2,1H3. The van der Waals surface area contributed by atoms with Crippen LogP contribution in [0.3, 0.4) is 0 Å². The highest BCUT2D eigenvalue weighted by Crippen LogP contribution is 2.18. The number of hydrogen-bond donors (Lipinski definition) is 0. The Balaban J connectivity index is 2.00. The van der Waals surface area contributed by atoms with Crippen molar-refractivity contribution in [1.82, 2.24) is 4.57 Å². The van der Waals surface area contributed by atoms with Crippen LogP contribution in [-0.4, -0.2) is 11.7 Å². The molecule has 0 unspecified atom stereocenters. The Morgan fingerprint density at radius 3 is 2.79 bits per heavy atom. The molecule has 100 valence electrons. The number of aromatic nitrogens is 1. The molecule has 0 radical (unpaired) electrons. The highest BCUT2D eigenvalue weighted by atomic mass is 19.1. The molecule has 1 aromatic heterocycles. The lowest BCUT2D eigenvalue weighted by Crippen LogP contribution is -2.19. The van der Waals surface area contributed by atoms with E-state index >= 15 is 0 Å². The number of aryl methyl sites for hydroxylation is 2. The molecule has 0 fully saturated rings. The van der Waals surface area contributed by atoms with Gasteiger partial charge in [0.15, 0.2) is 0 Å². The number of rotatable bonds is 5. The third-order valence-electron chi connectivity index (χ3n) is 2.99. The van der Waals surface area contributed by atoms with Crippen molar-refractivity contribution in [1.29, 1.82) is 0 Å². The maximum atomic E-state index is 13.0. The number of halogens is 1. The predicted molar refractivity (Wildman–Crippen MR) is 72.0 cm³/mol. The zero-order valence-electron chi connectivity index (χ0n) is 10.8. The second kappa shape index (κ2) is 6.18. The largest absolute Gasteiger partial charge is 0.496 e. The average Bonchev–Trinajstić information content (AvgIpc) is 2.43. The summed E-state index contributed by atoms with van der Waals surface area (Å²) in [5, 5.41) is 0. The molecule has 1 aromatic carbocycles. The van der Waals surface area contributed by atoms with E-state index in [1.165, 1.54) is 22.9 Å². The molecule has 0 bridgehead atoms. The van der Waals surface area contributed by atoms with Crippen molar-refractivity contribution in [2.75, 3.05) is 7.11 Å². The molecule has 2 aromatic rings. The average molecular weight is 261 g/mol. The molecule has 4 heteroatoms. The number of methoxy groups -OCH3 is 1. The molecule has 0 saturated heterocycles. The third-order valence-corrected chi connectivity index (χ3v) is 2.99. The molecular weight excluding hydrogens is 245 g/mol. The van der Waals surface area contributed by atoms with Gasteiger partial charge in [0.05, 0.1) is 7.11 Å². The Morgan fingerprint density at radius 2 is 2.00 bits per heavy atom. The van der Waals surface area contributed by atoms with Gasteiger partial charge in [0, 0.05) is 18.8 Å². The lowest BCUT2D eigenvalue weighted by Gasteiger charge is -2.09. The van der Waals surface area contributed by atoms with Crippen LogP contribution in [0.1, 0.15) is 12.0 Å². The van der Waals surface area contributed by atoms with Gasteiger partial charge in [-0.25, -0.2) is 4.39 Å². The van der Waals surface area contributed by atoms with Crippen molar-refractivity contribution in [3.63, 3.8) is 0 Å². The summed E-state index contributed by atoms with van der Waals surface area (Å²) in [7, 11) is 1.63. The van der Waals surface area contributed by atoms with Gasteiger partial charge in [-0.1, -0.05) is 18.2 Å². The fraction of sp³-hybridized carbons (Fsp3) is 0.267. The highest BCUT2D eigenvalue weighted by Gasteiger charge is 2.02. The zero-order chi connectivity index (χ0) is 13.7. The first-order chi connectivity index (χ1) is 9.20. The Kier molecular flexibility index (Phi) is 4.34. The van der Waals surface area contributed by atoms with Gasteiger partial charge in [0.25, 0.3) is 5.56 Å². The minimum Gasteiger partial charge on any atom is -0.496 e. The molecule has 0 N–H and O–H groups in total. The molecule has 0 saturated carbocycles. The minimum absolute atomic E-state index is 0.179. The molecule has 3 nitrogen and oxygen atoms in total. The SMILES string of the molecule is COc1ccccc1CCCn1cc(F)ccc1=O. The minimum atomic E-state index is -0.392. The van der Waals surface area contributed by atoms with Crippen molar-refractivity contribution in [3.05, 3.63) is 64.3 Å². The fourth-order valence-corrected chi connectivity index (χ4v) is 2.03. The second-order valence-corrected chi connectivity index (χ2v) is 4.29. The van der Waals surface area contributed by atoms with Gasteiger partial charge in [-0.05, 0) is 30.5 Å². The van der Waals surface area contributed by atoms with Gasteiger partial charge in [-0.2, -0.15) is 0 Å². The number of hydrogen-bond acceptors (Lipinski definition) is 2. The molecule has 0 spiro atoms. The Morgan fingerprint density at radius 1 is 1.21 bits per heavy atom. The van der Waals surface area contributed by atoms with E-state index in [1.54, 1.807) is 7.11 Å². The van der Waals surface area contributed by atoms with Crippen molar-refractivity contribution in [2.24, 2.45) is 0 Å². The van der Waals surface area contributed by atoms with Crippen LogP contribution >= 0.6 is 0 Å². The van der Waals surface area contributed by atoms with Crippen LogP contribution < -0.4 is 10.3 Å². The Labute approximate surface area is 111 Å². The van der Waals surface area contributed by atoms with E-state index in [2.05, 4.69) is 0 Å². The number of pyridine rings is 1. The topological polar surface area (TPSA) is 31.2 Å². The Bertz CT molecular complexity index is 607. The van der Waals surface area contributed by atoms with Crippen LogP contribution in [0, 0.1) is 5.82 Å². The summed E-state index contributed by atoms with van der Waals surface area (Å²) in [4.78, 5) is 11.5. The summed E-state index contributed by atoms with van der Waals surface area (Å²) in [6, 6.07) is 10.2. The lowest BCUT2D eigenvalue weighted by atomic mass is 10.1. The maximum absolute atomic E-state index is 13.0. The van der Waals surface area contributed by atoms with Gasteiger partial charge in [0.2, 0.25) is 0 Å². The number of ether oxygens (including phenoxy) is 1. The monoisotopic (exact) mass is 261 g/mol. The molecular formula is C15H16FNO2. The summed E-state index contributed by atoms with van der Waals surface area (Å²) < 4.78 is 19.7. The normalized spacial score (nSPS) is 10.4. The van der Waals surface area contributed by atoms with Crippen molar-refractivity contribution < 1.29 is 9.13 Å². The van der Waals surface area contributed by atoms with Crippen LogP contribution in [0.4, 0.5) is 4.39 Å². The molecule has 0 amide bonds. The number of benzene rings is 1. The van der Waals surface area contributed by atoms with Gasteiger partial charge >= 0.3 is 0 Å². The van der Waals surface area contributed by atoms with E-state index < -0.39 is 5.82 Å². The molecule has 19 heavy (non-hydrogen) atoms. The number of nitrogens with zero attached hydrogens (tertiary/aromatic N) is 1. The van der Waals surface area contributed by atoms with E-state index in [1.807, 2.05) is 24.3 Å². The smallest absolute Gasteiger partial charge is 0.250 e. The lowest BCUT2D eigenvalue weighted by molar-refractivity contribution is 0.408. The van der Waals surface area contributed by atoms with Gasteiger partial charge < -0.3 is 9.30 Å². The van der Waals surface area contributed by atoms with Crippen LogP contribution in [0.2, 0.25) is 0 Å². The first-order valence-corrected chi connectivity index (χ1v) is 6.18. The van der Waals surface area contributed by atoms with E-state index in [4.69, 9.17) is 4.74 Å². The summed E-state index contributed by atoms with van der Waals surface area (Å²) in [5.74, 6) is 0.450. The quantitative estimate of drug-likeness (QED) is 0.828. The van der Waals surface area contributed by atoms with Gasteiger partial charge in [0.1, 0.15) is 11.6 Å². The van der Waals surface area contributed by atoms with Crippen molar-refractivity contribution in [3.8, 4) is 5.75 Å². The van der Waals surface area contributed by atoms with Crippen LogP contribution in [-0.2, 0) is 13.0 Å². The van der Waals surface area contributed by atoms with E-state index in [0.717, 1.165) is 24.2 Å². The van der Waals surface area contributed by atoms with Crippen LogP contribution in [0.5, 0.6) is 5.75 Å². The molecule has 2 rings (SSSR count). The van der Waals surface area contributed by atoms with E-state index in [9.17, 15) is 9.18 Å². The summed E-state index contributed by atoms with van der Waals surface area (Å²) >= 11 is 0. The molecule has 0 aliphatic carbocycles. The van der Waals surface area contributed by atoms with Crippen molar-refractivity contribution in [2.45, 2.75) is 19.4 Å². The third kappa shape index (κ3) is 3.44. The molecule has 0 aliphatic heterocycles. The highest BCUT2D eigenvalue weighted by molar-refractivity contribution is 5.33. The summed E-state index contributed by atoms with van der Waals surface area (Å²) in [5.41, 5.74) is 0.913.